The van der Waals surface area contributed by atoms with Gasteiger partial charge in [0, 0.05) is 17.6 Å². The zero-order valence-corrected chi connectivity index (χ0v) is 19.2. The molecule has 0 spiro atoms. The molecule has 0 radical (unpaired) electrons. The minimum Gasteiger partial charge on any atom is -0.482 e. The molecule has 7 heteroatoms. The topological polar surface area (TPSA) is 58.6 Å². The zero-order chi connectivity index (χ0) is 22.2. The Bertz CT molecular complexity index is 900. The molecule has 3 rings (SSSR count). The summed E-state index contributed by atoms with van der Waals surface area (Å²) in [6.45, 7) is 1.78. The van der Waals surface area contributed by atoms with Gasteiger partial charge in [-0.1, -0.05) is 66.7 Å². The number of benzene rings is 2. The normalized spacial score (nSPS) is 15.2. The number of amides is 2. The molecule has 0 unspecified atom stereocenters. The smallest absolute Gasteiger partial charge is 0.261 e. The molecule has 0 heterocycles. The van der Waals surface area contributed by atoms with Gasteiger partial charge >= 0.3 is 0 Å². The third-order valence-electron chi connectivity index (χ3n) is 5.55. The molecule has 0 bridgehead atoms. The average Bonchev–Trinajstić information content (AvgIpc) is 2.77. The number of rotatable bonds is 8. The number of carbonyl (C=O) groups excluding carboxylic acids is 2. The van der Waals surface area contributed by atoms with Gasteiger partial charge in [0.1, 0.15) is 11.8 Å². The molecule has 0 aliphatic heterocycles. The number of nitrogens with zero attached hydrogens (tertiary/aromatic N) is 1. The highest BCUT2D eigenvalue weighted by molar-refractivity contribution is 6.32. The Hall–Kier alpha value is -2.24. The lowest BCUT2D eigenvalue weighted by molar-refractivity contribution is -0.142. The molecule has 166 valence electrons. The molecule has 2 amide bonds. The van der Waals surface area contributed by atoms with Gasteiger partial charge in [0.15, 0.2) is 6.61 Å². The zero-order valence-electron chi connectivity index (χ0n) is 17.7. The third kappa shape index (κ3) is 6.88. The summed E-state index contributed by atoms with van der Waals surface area (Å²) in [5, 5.41) is 4.12. The highest BCUT2D eigenvalue weighted by Gasteiger charge is 2.28. The second-order valence-electron chi connectivity index (χ2n) is 7.89. The largest absolute Gasteiger partial charge is 0.482 e. The minimum absolute atomic E-state index is 0.153. The van der Waals surface area contributed by atoms with Gasteiger partial charge < -0.3 is 15.0 Å². The monoisotopic (exact) mass is 462 g/mol. The van der Waals surface area contributed by atoms with Crippen molar-refractivity contribution in [3.05, 3.63) is 64.1 Å². The van der Waals surface area contributed by atoms with Crippen LogP contribution in [-0.4, -0.2) is 35.4 Å². The van der Waals surface area contributed by atoms with Crippen molar-refractivity contribution in [1.29, 1.82) is 0 Å². The number of para-hydroxylation sites is 1. The van der Waals surface area contributed by atoms with E-state index in [9.17, 15) is 9.59 Å². The molecule has 5 nitrogen and oxygen atoms in total. The Morgan fingerprint density at radius 3 is 2.55 bits per heavy atom. The first-order chi connectivity index (χ1) is 14.9. The van der Waals surface area contributed by atoms with Crippen LogP contribution in [0.2, 0.25) is 10.0 Å². The van der Waals surface area contributed by atoms with Gasteiger partial charge in [-0.15, -0.1) is 0 Å². The summed E-state index contributed by atoms with van der Waals surface area (Å²) in [6.07, 6.45) is 5.42. The Kier molecular flexibility index (Phi) is 8.61. The van der Waals surface area contributed by atoms with E-state index in [0.29, 0.717) is 15.8 Å². The van der Waals surface area contributed by atoms with Gasteiger partial charge in [-0.3, -0.25) is 9.59 Å². The molecule has 1 atom stereocenters. The predicted octanol–water partition coefficient (Wildman–Crippen LogP) is 5.24. The Morgan fingerprint density at radius 1 is 1.10 bits per heavy atom. The van der Waals surface area contributed by atoms with Crippen LogP contribution in [0.3, 0.4) is 0 Å². The van der Waals surface area contributed by atoms with Crippen LogP contribution in [0.25, 0.3) is 0 Å². The Balaban J connectivity index is 1.71. The van der Waals surface area contributed by atoms with E-state index in [-0.39, 0.29) is 31.0 Å². The quantitative estimate of drug-likeness (QED) is 0.583. The average molecular weight is 463 g/mol. The van der Waals surface area contributed by atoms with Crippen molar-refractivity contribution in [3.8, 4) is 5.75 Å². The number of nitrogens with one attached hydrogen (secondary N) is 1. The summed E-state index contributed by atoms with van der Waals surface area (Å²) in [7, 11) is 0. The van der Waals surface area contributed by atoms with E-state index in [1.165, 1.54) is 11.3 Å². The second kappa shape index (κ2) is 11.4. The highest BCUT2D eigenvalue weighted by atomic mass is 35.5. The van der Waals surface area contributed by atoms with Crippen LogP contribution in [0.5, 0.6) is 5.75 Å². The van der Waals surface area contributed by atoms with E-state index < -0.39 is 6.04 Å². The maximum Gasteiger partial charge on any atom is 0.261 e. The molecule has 0 saturated heterocycles. The maximum absolute atomic E-state index is 13.1. The van der Waals surface area contributed by atoms with Gasteiger partial charge in [-0.2, -0.15) is 0 Å². The summed E-state index contributed by atoms with van der Waals surface area (Å²) in [5.74, 6) is -0.0225. The standard InChI is InChI=1S/C24H28Cl2N2O3/c1-17(24(30)27-20-10-3-2-4-11-20)28(15-18-8-7-9-19(25)14-18)23(29)16-31-22-13-6-5-12-21(22)26/h5-9,12-14,17,20H,2-4,10-11,15-16H2,1H3,(H,27,30)/t17-/m1/s1. The number of hydrogen-bond donors (Lipinski definition) is 1. The highest BCUT2D eigenvalue weighted by Crippen LogP contribution is 2.23. The Labute approximate surface area is 193 Å². The third-order valence-corrected chi connectivity index (χ3v) is 6.10. The minimum atomic E-state index is -0.650. The SMILES string of the molecule is C[C@H](C(=O)NC1CCCCC1)N(Cc1cccc(Cl)c1)C(=O)COc1ccccc1Cl. The summed E-state index contributed by atoms with van der Waals surface area (Å²) in [5.41, 5.74) is 0.843. The van der Waals surface area contributed by atoms with Gasteiger partial charge in [0.05, 0.1) is 5.02 Å². The molecule has 1 aliphatic carbocycles. The first kappa shape index (κ1) is 23.4. The predicted molar refractivity (Wildman–Crippen MR) is 123 cm³/mol. The lowest BCUT2D eigenvalue weighted by Crippen LogP contribution is -2.51. The lowest BCUT2D eigenvalue weighted by atomic mass is 9.95. The van der Waals surface area contributed by atoms with E-state index in [1.807, 2.05) is 12.1 Å². The van der Waals surface area contributed by atoms with Crippen LogP contribution in [0.15, 0.2) is 48.5 Å². The van der Waals surface area contributed by atoms with Crippen molar-refractivity contribution < 1.29 is 14.3 Å². The fourth-order valence-electron chi connectivity index (χ4n) is 3.77. The van der Waals surface area contributed by atoms with Gasteiger partial charge in [-0.25, -0.2) is 0 Å². The van der Waals surface area contributed by atoms with Gasteiger partial charge in [0.2, 0.25) is 5.91 Å². The van der Waals surface area contributed by atoms with E-state index in [0.717, 1.165) is 31.2 Å². The molecule has 1 N–H and O–H groups in total. The van der Waals surface area contributed by atoms with Gasteiger partial charge in [-0.05, 0) is 49.6 Å². The number of halogens is 2. The fraction of sp³-hybridized carbons (Fsp3) is 0.417. The van der Waals surface area contributed by atoms with Crippen molar-refractivity contribution in [2.45, 2.75) is 57.7 Å². The summed E-state index contributed by atoms with van der Waals surface area (Å²) in [4.78, 5) is 27.6. The maximum atomic E-state index is 13.1. The molecule has 1 saturated carbocycles. The molecule has 1 aliphatic rings. The van der Waals surface area contributed by atoms with Crippen molar-refractivity contribution in [3.63, 3.8) is 0 Å². The van der Waals surface area contributed by atoms with Crippen LogP contribution in [0, 0.1) is 0 Å². The van der Waals surface area contributed by atoms with E-state index >= 15 is 0 Å². The molecule has 1 fully saturated rings. The van der Waals surface area contributed by atoms with Crippen molar-refractivity contribution >= 4 is 35.0 Å². The van der Waals surface area contributed by atoms with Crippen molar-refractivity contribution in [1.82, 2.24) is 10.2 Å². The van der Waals surface area contributed by atoms with Crippen molar-refractivity contribution in [2.24, 2.45) is 0 Å². The molecular formula is C24H28Cl2N2O3. The fourth-order valence-corrected chi connectivity index (χ4v) is 4.17. The van der Waals surface area contributed by atoms with Crippen LogP contribution in [-0.2, 0) is 16.1 Å². The summed E-state index contributed by atoms with van der Waals surface area (Å²) < 4.78 is 5.64. The Morgan fingerprint density at radius 2 is 1.84 bits per heavy atom. The van der Waals surface area contributed by atoms with Gasteiger partial charge in [0.25, 0.3) is 5.91 Å². The molecule has 0 aromatic heterocycles. The molecule has 2 aromatic carbocycles. The van der Waals surface area contributed by atoms with E-state index in [4.69, 9.17) is 27.9 Å². The lowest BCUT2D eigenvalue weighted by Gasteiger charge is -2.31. The van der Waals surface area contributed by atoms with Crippen LogP contribution in [0.4, 0.5) is 0 Å². The first-order valence-electron chi connectivity index (χ1n) is 10.7. The summed E-state index contributed by atoms with van der Waals surface area (Å²) >= 11 is 12.2. The number of hydrogen-bond acceptors (Lipinski definition) is 3. The first-order valence-corrected chi connectivity index (χ1v) is 11.4. The number of ether oxygens (including phenoxy) is 1. The molecular weight excluding hydrogens is 435 g/mol. The second-order valence-corrected chi connectivity index (χ2v) is 8.73. The molecule has 31 heavy (non-hydrogen) atoms. The van der Waals surface area contributed by atoms with Crippen LogP contribution < -0.4 is 10.1 Å². The number of carbonyl (C=O) groups is 2. The summed E-state index contributed by atoms with van der Waals surface area (Å²) in [6, 6.07) is 13.8. The van der Waals surface area contributed by atoms with E-state index in [2.05, 4.69) is 5.32 Å². The van der Waals surface area contributed by atoms with Crippen LogP contribution >= 0.6 is 23.2 Å². The van der Waals surface area contributed by atoms with Crippen LogP contribution in [0.1, 0.15) is 44.6 Å². The van der Waals surface area contributed by atoms with E-state index in [1.54, 1.807) is 43.3 Å². The van der Waals surface area contributed by atoms with Crippen molar-refractivity contribution in [2.75, 3.05) is 6.61 Å². The molecule has 2 aromatic rings.